The highest BCUT2D eigenvalue weighted by Gasteiger charge is 2.11. The van der Waals surface area contributed by atoms with Gasteiger partial charge >= 0.3 is 0 Å². The summed E-state index contributed by atoms with van der Waals surface area (Å²) in [4.78, 5) is 24.4. The summed E-state index contributed by atoms with van der Waals surface area (Å²) in [6.45, 7) is 1.72. The lowest BCUT2D eigenvalue weighted by atomic mass is 10.1. The van der Waals surface area contributed by atoms with E-state index in [2.05, 4.69) is 15.8 Å². The van der Waals surface area contributed by atoms with E-state index in [1.807, 2.05) is 0 Å². The lowest BCUT2D eigenvalue weighted by Crippen LogP contribution is -2.19. The zero-order valence-corrected chi connectivity index (χ0v) is 17.3. The van der Waals surface area contributed by atoms with E-state index in [-0.39, 0.29) is 17.2 Å². The fourth-order valence-electron chi connectivity index (χ4n) is 2.55. The van der Waals surface area contributed by atoms with Gasteiger partial charge in [-0.3, -0.25) is 9.59 Å². The van der Waals surface area contributed by atoms with Crippen LogP contribution in [0.1, 0.15) is 33.2 Å². The van der Waals surface area contributed by atoms with Gasteiger partial charge in [0.15, 0.2) is 0 Å². The summed E-state index contributed by atoms with van der Waals surface area (Å²) in [5, 5.41) is 17.5. The number of nitrogens with zero attached hydrogens (tertiary/aromatic N) is 1. The summed E-state index contributed by atoms with van der Waals surface area (Å²) in [5.41, 5.74) is 4.81. The van der Waals surface area contributed by atoms with Crippen molar-refractivity contribution in [2.45, 2.75) is 6.92 Å². The van der Waals surface area contributed by atoms with Crippen LogP contribution in [0, 0.1) is 0 Å². The van der Waals surface area contributed by atoms with E-state index in [0.717, 1.165) is 5.56 Å². The number of carbonyl (C=O) groups excluding carboxylic acids is 2. The maximum absolute atomic E-state index is 12.3. The van der Waals surface area contributed by atoms with Crippen LogP contribution in [0.5, 0.6) is 5.75 Å². The molecule has 2 amide bonds. The summed E-state index contributed by atoms with van der Waals surface area (Å²) in [6, 6.07) is 17.7. The topological polar surface area (TPSA) is 90.8 Å². The molecule has 6 nitrogen and oxygen atoms in total. The molecule has 0 radical (unpaired) electrons. The molecule has 0 atom stereocenters. The number of anilines is 1. The molecule has 0 saturated carbocycles. The molecule has 0 aliphatic carbocycles. The van der Waals surface area contributed by atoms with Crippen molar-refractivity contribution in [3.63, 3.8) is 0 Å². The molecule has 3 aromatic rings. The fraction of sp³-hybridized carbons (Fsp3) is 0.0455. The molecule has 0 fully saturated rings. The maximum atomic E-state index is 12.3. The van der Waals surface area contributed by atoms with Crippen LogP contribution in [0.25, 0.3) is 0 Å². The summed E-state index contributed by atoms with van der Waals surface area (Å²) in [6.07, 6.45) is 0. The van der Waals surface area contributed by atoms with Crippen molar-refractivity contribution in [3.05, 3.63) is 93.5 Å². The smallest absolute Gasteiger partial charge is 0.275 e. The van der Waals surface area contributed by atoms with Gasteiger partial charge in [-0.15, -0.1) is 0 Å². The second kappa shape index (κ2) is 9.43. The highest BCUT2D eigenvalue weighted by Crippen LogP contribution is 2.21. The first kappa shape index (κ1) is 21.4. The van der Waals surface area contributed by atoms with E-state index in [1.165, 1.54) is 18.2 Å². The minimum Gasteiger partial charge on any atom is -0.507 e. The number of hydrogen-bond acceptors (Lipinski definition) is 4. The molecule has 0 aliphatic heterocycles. The minimum absolute atomic E-state index is 0.0271. The average molecular weight is 442 g/mol. The Balaban J connectivity index is 1.64. The Labute approximate surface area is 183 Å². The third-order valence-electron chi connectivity index (χ3n) is 4.20. The van der Waals surface area contributed by atoms with Gasteiger partial charge in [0, 0.05) is 21.3 Å². The van der Waals surface area contributed by atoms with Crippen molar-refractivity contribution in [2.75, 3.05) is 5.32 Å². The first-order chi connectivity index (χ1) is 14.3. The van der Waals surface area contributed by atoms with Gasteiger partial charge in [-0.2, -0.15) is 5.10 Å². The first-order valence-electron chi connectivity index (χ1n) is 8.84. The molecule has 30 heavy (non-hydrogen) atoms. The number of halogens is 2. The molecule has 8 heteroatoms. The van der Waals surface area contributed by atoms with Crippen LogP contribution in [-0.4, -0.2) is 22.6 Å². The summed E-state index contributed by atoms with van der Waals surface area (Å²) < 4.78 is 0. The molecule has 0 aromatic heterocycles. The van der Waals surface area contributed by atoms with E-state index in [4.69, 9.17) is 23.2 Å². The Kier molecular flexibility index (Phi) is 6.72. The zero-order chi connectivity index (χ0) is 21.7. The van der Waals surface area contributed by atoms with Gasteiger partial charge in [0.2, 0.25) is 0 Å². The number of phenols is 1. The van der Waals surface area contributed by atoms with Crippen molar-refractivity contribution >= 4 is 46.4 Å². The monoisotopic (exact) mass is 441 g/mol. The Morgan fingerprint density at radius 2 is 1.43 bits per heavy atom. The normalized spacial score (nSPS) is 11.1. The van der Waals surface area contributed by atoms with Gasteiger partial charge in [0.05, 0.1) is 11.3 Å². The number of nitrogens with one attached hydrogen (secondary N) is 2. The quantitative estimate of drug-likeness (QED) is 0.379. The Morgan fingerprint density at radius 3 is 2.10 bits per heavy atom. The molecule has 3 aromatic carbocycles. The highest BCUT2D eigenvalue weighted by atomic mass is 35.5. The van der Waals surface area contributed by atoms with Crippen molar-refractivity contribution in [3.8, 4) is 5.75 Å². The van der Waals surface area contributed by atoms with Crippen molar-refractivity contribution in [1.29, 1.82) is 0 Å². The fourth-order valence-corrected chi connectivity index (χ4v) is 2.85. The number of hydrogen-bond donors (Lipinski definition) is 3. The lowest BCUT2D eigenvalue weighted by molar-refractivity contribution is 0.0951. The Hall–Kier alpha value is -3.35. The van der Waals surface area contributed by atoms with E-state index in [1.54, 1.807) is 55.5 Å². The van der Waals surface area contributed by atoms with E-state index in [9.17, 15) is 14.7 Å². The van der Waals surface area contributed by atoms with Crippen LogP contribution >= 0.6 is 23.2 Å². The second-order valence-corrected chi connectivity index (χ2v) is 7.21. The van der Waals surface area contributed by atoms with Crippen LogP contribution < -0.4 is 10.7 Å². The largest absolute Gasteiger partial charge is 0.507 e. The summed E-state index contributed by atoms with van der Waals surface area (Å²) in [7, 11) is 0. The standard InChI is InChI=1S/C22H17Cl2N3O3/c1-13(26-27-22(30)19-12-17(24)8-11-20(19)28)14-4-9-18(10-5-14)25-21(29)15-2-6-16(23)7-3-15/h2-12,28H,1H3,(H,25,29)(H,27,30). The third-order valence-corrected chi connectivity index (χ3v) is 4.68. The molecule has 0 unspecified atom stereocenters. The predicted molar refractivity (Wildman–Crippen MR) is 119 cm³/mol. The van der Waals surface area contributed by atoms with Crippen molar-refractivity contribution in [1.82, 2.24) is 5.43 Å². The molecule has 0 aliphatic rings. The SMILES string of the molecule is CC(=NNC(=O)c1cc(Cl)ccc1O)c1ccc(NC(=O)c2ccc(Cl)cc2)cc1. The number of hydrazone groups is 1. The number of amides is 2. The van der Waals surface area contributed by atoms with Crippen molar-refractivity contribution < 1.29 is 14.7 Å². The molecular formula is C22H17Cl2N3O3. The Morgan fingerprint density at radius 1 is 0.833 bits per heavy atom. The molecular weight excluding hydrogens is 425 g/mol. The average Bonchev–Trinajstić information content (AvgIpc) is 2.74. The van der Waals surface area contributed by atoms with Gasteiger partial charge in [-0.25, -0.2) is 5.43 Å². The molecule has 0 heterocycles. The molecule has 0 bridgehead atoms. The van der Waals surface area contributed by atoms with Crippen LogP contribution in [0.15, 0.2) is 71.8 Å². The lowest BCUT2D eigenvalue weighted by Gasteiger charge is -2.08. The molecule has 3 N–H and O–H groups in total. The maximum Gasteiger partial charge on any atom is 0.275 e. The van der Waals surface area contributed by atoms with Crippen LogP contribution in [0.2, 0.25) is 10.0 Å². The number of phenolic OH excluding ortho intramolecular Hbond substituents is 1. The molecule has 0 spiro atoms. The number of carbonyl (C=O) groups is 2. The van der Waals surface area contributed by atoms with E-state index in [0.29, 0.717) is 27.0 Å². The van der Waals surface area contributed by atoms with Crippen molar-refractivity contribution in [2.24, 2.45) is 5.10 Å². The molecule has 152 valence electrons. The van der Waals surface area contributed by atoms with E-state index < -0.39 is 5.91 Å². The van der Waals surface area contributed by atoms with Gasteiger partial charge in [0.1, 0.15) is 5.75 Å². The highest BCUT2D eigenvalue weighted by molar-refractivity contribution is 6.31. The number of benzene rings is 3. The second-order valence-electron chi connectivity index (χ2n) is 6.34. The molecule has 3 rings (SSSR count). The van der Waals surface area contributed by atoms with Gasteiger partial charge in [-0.05, 0) is 67.1 Å². The predicted octanol–water partition coefficient (Wildman–Crippen LogP) is 5.11. The van der Waals surface area contributed by atoms with Gasteiger partial charge in [-0.1, -0.05) is 35.3 Å². The van der Waals surface area contributed by atoms with E-state index >= 15 is 0 Å². The number of aromatic hydroxyl groups is 1. The summed E-state index contributed by atoms with van der Waals surface area (Å²) in [5.74, 6) is -1.02. The zero-order valence-electron chi connectivity index (χ0n) is 15.8. The van der Waals surface area contributed by atoms with Crippen LogP contribution in [0.3, 0.4) is 0 Å². The number of rotatable bonds is 5. The van der Waals surface area contributed by atoms with Gasteiger partial charge < -0.3 is 10.4 Å². The van der Waals surface area contributed by atoms with Crippen LogP contribution in [-0.2, 0) is 0 Å². The third kappa shape index (κ3) is 5.37. The minimum atomic E-state index is -0.582. The molecule has 0 saturated heterocycles. The summed E-state index contributed by atoms with van der Waals surface area (Å²) >= 11 is 11.7. The van der Waals surface area contributed by atoms with Gasteiger partial charge in [0.25, 0.3) is 11.8 Å². The Bertz CT molecular complexity index is 1110. The first-order valence-corrected chi connectivity index (χ1v) is 9.59. The van der Waals surface area contributed by atoms with Crippen LogP contribution in [0.4, 0.5) is 5.69 Å².